The minimum atomic E-state index is -0.719. The van der Waals surface area contributed by atoms with Gasteiger partial charge >= 0.3 is 5.97 Å². The van der Waals surface area contributed by atoms with E-state index >= 15 is 0 Å². The summed E-state index contributed by atoms with van der Waals surface area (Å²) in [5.74, 6) is -0.535. The van der Waals surface area contributed by atoms with E-state index in [-0.39, 0.29) is 12.5 Å². The lowest BCUT2D eigenvalue weighted by molar-refractivity contribution is -0.146. The predicted molar refractivity (Wildman–Crippen MR) is 113 cm³/mol. The molecule has 0 bridgehead atoms. The van der Waals surface area contributed by atoms with Crippen molar-refractivity contribution >= 4 is 39.4 Å². The Bertz CT molecular complexity index is 992. The van der Waals surface area contributed by atoms with Crippen LogP contribution in [0.4, 0.5) is 5.69 Å². The number of fused-ring (bicyclic) bond motifs is 1. The van der Waals surface area contributed by atoms with Gasteiger partial charge in [-0.05, 0) is 53.0 Å². The first-order valence-corrected chi connectivity index (χ1v) is 10.0. The lowest BCUT2D eigenvalue weighted by atomic mass is 10.1. The molecule has 0 spiro atoms. The average molecular weight is 477 g/mol. The van der Waals surface area contributed by atoms with Gasteiger partial charge in [-0.1, -0.05) is 6.07 Å². The van der Waals surface area contributed by atoms with Crippen molar-refractivity contribution in [2.75, 3.05) is 31.7 Å². The van der Waals surface area contributed by atoms with Crippen LogP contribution in [-0.2, 0) is 14.3 Å². The third kappa shape index (κ3) is 5.50. The number of halogens is 1. The lowest BCUT2D eigenvalue weighted by Gasteiger charge is -2.20. The fourth-order valence-electron chi connectivity index (χ4n) is 2.68. The average Bonchev–Trinajstić information content (AvgIpc) is 2.73. The smallest absolute Gasteiger partial charge is 0.325 e. The summed E-state index contributed by atoms with van der Waals surface area (Å²) in [4.78, 5) is 36.1. The number of ether oxygens (including phenoxy) is 3. The Balaban J connectivity index is 1.46. The first kappa shape index (κ1) is 21.6. The quantitative estimate of drug-likeness (QED) is 0.621. The van der Waals surface area contributed by atoms with Crippen molar-refractivity contribution in [3.05, 3.63) is 51.5 Å². The van der Waals surface area contributed by atoms with E-state index in [0.29, 0.717) is 40.4 Å². The molecule has 2 aromatic rings. The molecule has 158 valence electrons. The minimum absolute atomic E-state index is 0.341. The van der Waals surface area contributed by atoms with Gasteiger partial charge in [0.25, 0.3) is 11.8 Å². The Morgan fingerprint density at radius 1 is 1.03 bits per heavy atom. The van der Waals surface area contributed by atoms with Crippen LogP contribution < -0.4 is 20.1 Å². The highest BCUT2D eigenvalue weighted by Gasteiger charge is 2.17. The van der Waals surface area contributed by atoms with Crippen LogP contribution in [0.5, 0.6) is 11.5 Å². The number of benzene rings is 2. The molecule has 30 heavy (non-hydrogen) atoms. The predicted octanol–water partition coefficient (Wildman–Crippen LogP) is 2.75. The fraction of sp³-hybridized carbons (Fsp3) is 0.286. The summed E-state index contributed by atoms with van der Waals surface area (Å²) >= 11 is 3.35. The molecule has 1 aliphatic heterocycles. The van der Waals surface area contributed by atoms with E-state index in [1.165, 1.54) is 0 Å². The molecule has 1 aliphatic rings. The number of hydrogen-bond donors (Lipinski definition) is 2. The maximum Gasteiger partial charge on any atom is 0.325 e. The van der Waals surface area contributed by atoms with Gasteiger partial charge in [0.2, 0.25) is 0 Å². The molecule has 2 N–H and O–H groups in total. The zero-order chi connectivity index (χ0) is 21.7. The van der Waals surface area contributed by atoms with Gasteiger partial charge in [0.1, 0.15) is 19.8 Å². The van der Waals surface area contributed by atoms with Crippen LogP contribution in [-0.4, -0.2) is 44.1 Å². The largest absolute Gasteiger partial charge is 0.486 e. The Morgan fingerprint density at radius 2 is 1.73 bits per heavy atom. The van der Waals surface area contributed by atoms with E-state index in [9.17, 15) is 14.4 Å². The third-order valence-corrected chi connectivity index (χ3v) is 5.09. The van der Waals surface area contributed by atoms with Gasteiger partial charge in [-0.2, -0.15) is 0 Å². The summed E-state index contributed by atoms with van der Waals surface area (Å²) in [7, 11) is 0. The van der Waals surface area contributed by atoms with Gasteiger partial charge in [-0.15, -0.1) is 0 Å². The third-order valence-electron chi connectivity index (χ3n) is 4.43. The second-order valence-electron chi connectivity index (χ2n) is 6.67. The molecular weight excluding hydrogens is 456 g/mol. The van der Waals surface area contributed by atoms with Crippen molar-refractivity contribution in [3.63, 3.8) is 0 Å². The zero-order valence-corrected chi connectivity index (χ0v) is 18.1. The number of carbonyl (C=O) groups excluding carboxylic acids is 3. The van der Waals surface area contributed by atoms with Crippen molar-refractivity contribution in [3.8, 4) is 11.5 Å². The molecule has 0 aromatic heterocycles. The molecule has 2 aromatic carbocycles. The second-order valence-corrected chi connectivity index (χ2v) is 7.52. The molecule has 0 atom stereocenters. The number of nitrogens with one attached hydrogen (secondary N) is 2. The van der Waals surface area contributed by atoms with Gasteiger partial charge in [-0.25, -0.2) is 0 Å². The van der Waals surface area contributed by atoms with Crippen LogP contribution in [0.3, 0.4) is 0 Å². The molecule has 8 nitrogen and oxygen atoms in total. The van der Waals surface area contributed by atoms with Gasteiger partial charge < -0.3 is 24.8 Å². The van der Waals surface area contributed by atoms with Crippen LogP contribution in [0, 0.1) is 13.8 Å². The molecule has 0 saturated heterocycles. The van der Waals surface area contributed by atoms with Gasteiger partial charge in [0.15, 0.2) is 18.1 Å². The number of anilines is 1. The highest BCUT2D eigenvalue weighted by atomic mass is 79.9. The van der Waals surface area contributed by atoms with Crippen LogP contribution in [0.1, 0.15) is 21.5 Å². The Hall–Kier alpha value is -3.07. The van der Waals surface area contributed by atoms with Crippen molar-refractivity contribution in [2.24, 2.45) is 0 Å². The van der Waals surface area contributed by atoms with Gasteiger partial charge in [0.05, 0.1) is 5.69 Å². The SMILES string of the molecule is Cc1ccc(C(=O)NCC(=O)OCC(=O)Nc2cc3c(cc2Br)OCCO3)cc1C. The van der Waals surface area contributed by atoms with Crippen LogP contribution >= 0.6 is 15.9 Å². The van der Waals surface area contributed by atoms with E-state index in [0.717, 1.165) is 11.1 Å². The second kappa shape index (κ2) is 9.62. The van der Waals surface area contributed by atoms with E-state index in [1.54, 1.807) is 24.3 Å². The molecule has 2 amide bonds. The normalized spacial score (nSPS) is 12.1. The first-order chi connectivity index (χ1) is 14.3. The van der Waals surface area contributed by atoms with Crippen LogP contribution in [0.25, 0.3) is 0 Å². The summed E-state index contributed by atoms with van der Waals surface area (Å²) in [6.45, 7) is 3.91. The van der Waals surface area contributed by atoms with E-state index in [4.69, 9.17) is 14.2 Å². The standard InChI is InChI=1S/C21H21BrN2O6/c1-12-3-4-14(7-13(12)2)21(27)23-10-20(26)30-11-19(25)24-16-9-18-17(8-15(16)22)28-5-6-29-18/h3-4,7-9H,5-6,10-11H2,1-2H3,(H,23,27)(H,24,25). The summed E-state index contributed by atoms with van der Waals surface area (Å²) in [5.41, 5.74) is 2.96. The molecule has 0 unspecified atom stereocenters. The zero-order valence-electron chi connectivity index (χ0n) is 16.5. The molecule has 9 heteroatoms. The van der Waals surface area contributed by atoms with Gasteiger partial charge in [-0.3, -0.25) is 14.4 Å². The number of carbonyl (C=O) groups is 3. The number of rotatable bonds is 6. The molecular formula is C21H21BrN2O6. The van der Waals surface area contributed by atoms with E-state index in [1.807, 2.05) is 19.9 Å². The molecule has 0 aliphatic carbocycles. The summed E-state index contributed by atoms with van der Waals surface area (Å²) < 4.78 is 16.5. The van der Waals surface area contributed by atoms with Crippen molar-refractivity contribution in [1.29, 1.82) is 0 Å². The summed E-state index contributed by atoms with van der Waals surface area (Å²) in [5, 5.41) is 5.11. The highest BCUT2D eigenvalue weighted by Crippen LogP contribution is 2.38. The summed E-state index contributed by atoms with van der Waals surface area (Å²) in [6, 6.07) is 8.58. The molecule has 0 radical (unpaired) electrons. The Morgan fingerprint density at radius 3 is 2.43 bits per heavy atom. The van der Waals surface area contributed by atoms with Crippen LogP contribution in [0.2, 0.25) is 0 Å². The van der Waals surface area contributed by atoms with Crippen molar-refractivity contribution < 1.29 is 28.6 Å². The first-order valence-electron chi connectivity index (χ1n) is 9.23. The molecule has 1 heterocycles. The minimum Gasteiger partial charge on any atom is -0.486 e. The molecule has 3 rings (SSSR count). The summed E-state index contributed by atoms with van der Waals surface area (Å²) in [6.07, 6.45) is 0. The van der Waals surface area contributed by atoms with Crippen LogP contribution in [0.15, 0.2) is 34.8 Å². The fourth-order valence-corrected chi connectivity index (χ4v) is 3.10. The Labute approximate surface area is 182 Å². The topological polar surface area (TPSA) is 103 Å². The monoisotopic (exact) mass is 476 g/mol. The van der Waals surface area contributed by atoms with E-state index in [2.05, 4.69) is 26.6 Å². The van der Waals surface area contributed by atoms with Gasteiger partial charge in [0, 0.05) is 22.2 Å². The number of amides is 2. The maximum atomic E-state index is 12.1. The van der Waals surface area contributed by atoms with Crippen molar-refractivity contribution in [2.45, 2.75) is 13.8 Å². The Kier molecular flexibility index (Phi) is 6.94. The lowest BCUT2D eigenvalue weighted by Crippen LogP contribution is -2.32. The number of esters is 1. The number of hydrogen-bond acceptors (Lipinski definition) is 6. The number of aryl methyl sites for hydroxylation is 2. The maximum absolute atomic E-state index is 12.1. The van der Waals surface area contributed by atoms with Crippen molar-refractivity contribution in [1.82, 2.24) is 5.32 Å². The highest BCUT2D eigenvalue weighted by molar-refractivity contribution is 9.10. The molecule has 0 saturated carbocycles. The molecule has 0 fully saturated rings. The van der Waals surface area contributed by atoms with E-state index < -0.39 is 18.5 Å².